The van der Waals surface area contributed by atoms with E-state index >= 15 is 0 Å². The summed E-state index contributed by atoms with van der Waals surface area (Å²) < 4.78 is 6.86. The zero-order valence-corrected chi connectivity index (χ0v) is 11.1. The van der Waals surface area contributed by atoms with Crippen molar-refractivity contribution in [3.8, 4) is 6.07 Å². The number of rotatable bonds is 4. The molecule has 0 aliphatic carbocycles. The van der Waals surface area contributed by atoms with E-state index in [0.717, 1.165) is 16.5 Å². The summed E-state index contributed by atoms with van der Waals surface area (Å²) in [4.78, 5) is 11.4. The largest absolute Gasteiger partial charge is 0.466 e. The molecule has 0 bridgehead atoms. The normalized spacial score (nSPS) is 10.4. The van der Waals surface area contributed by atoms with Gasteiger partial charge < -0.3 is 9.30 Å². The smallest absolute Gasteiger partial charge is 0.306 e. The number of nitrogens with zero attached hydrogens (tertiary/aromatic N) is 2. The molecule has 0 saturated carbocycles. The van der Waals surface area contributed by atoms with Crippen molar-refractivity contribution >= 4 is 16.9 Å². The number of carbonyl (C=O) groups is 1. The summed E-state index contributed by atoms with van der Waals surface area (Å²) in [6, 6.07) is 7.90. The molecule has 0 fully saturated rings. The Labute approximate surface area is 112 Å². The van der Waals surface area contributed by atoms with E-state index in [-0.39, 0.29) is 5.97 Å². The Kier molecular flexibility index (Phi) is 3.86. The zero-order valence-electron chi connectivity index (χ0n) is 11.1. The Morgan fingerprint density at radius 1 is 1.42 bits per heavy atom. The summed E-state index contributed by atoms with van der Waals surface area (Å²) in [5.41, 5.74) is 2.65. The predicted octanol–water partition coefficient (Wildman–Crippen LogP) is 2.55. The molecule has 0 amide bonds. The minimum atomic E-state index is -0.184. The topological polar surface area (TPSA) is 55.0 Å². The Hall–Kier alpha value is -2.28. The molecule has 0 radical (unpaired) electrons. The summed E-state index contributed by atoms with van der Waals surface area (Å²) in [7, 11) is 1.91. The van der Waals surface area contributed by atoms with E-state index in [0.29, 0.717) is 25.0 Å². The first-order valence-electron chi connectivity index (χ1n) is 6.30. The van der Waals surface area contributed by atoms with Crippen LogP contribution in [-0.2, 0) is 23.0 Å². The van der Waals surface area contributed by atoms with Gasteiger partial charge in [0.05, 0.1) is 17.7 Å². The molecule has 98 valence electrons. The fourth-order valence-electron chi connectivity index (χ4n) is 2.25. The molecule has 0 spiro atoms. The number of aryl methyl sites for hydroxylation is 2. The lowest BCUT2D eigenvalue weighted by atomic mass is 10.0. The molecule has 0 N–H and O–H groups in total. The number of aromatic nitrogens is 1. The van der Waals surface area contributed by atoms with Gasteiger partial charge in [-0.15, -0.1) is 0 Å². The molecule has 19 heavy (non-hydrogen) atoms. The van der Waals surface area contributed by atoms with Gasteiger partial charge in [0.15, 0.2) is 0 Å². The Morgan fingerprint density at radius 3 is 2.89 bits per heavy atom. The summed E-state index contributed by atoms with van der Waals surface area (Å²) in [5.74, 6) is -0.184. The minimum absolute atomic E-state index is 0.184. The van der Waals surface area contributed by atoms with Gasteiger partial charge in [-0.05, 0) is 31.0 Å². The van der Waals surface area contributed by atoms with Crippen molar-refractivity contribution in [3.63, 3.8) is 0 Å². The molecule has 0 unspecified atom stereocenters. The summed E-state index contributed by atoms with van der Waals surface area (Å²) in [5, 5.41) is 10.2. The number of hydrogen-bond acceptors (Lipinski definition) is 3. The van der Waals surface area contributed by atoms with E-state index in [9.17, 15) is 4.79 Å². The number of nitriles is 1. The highest BCUT2D eigenvalue weighted by Crippen LogP contribution is 2.24. The van der Waals surface area contributed by atoms with Gasteiger partial charge in [-0.25, -0.2) is 0 Å². The van der Waals surface area contributed by atoms with Crippen LogP contribution < -0.4 is 0 Å². The maximum Gasteiger partial charge on any atom is 0.306 e. The van der Waals surface area contributed by atoms with Crippen LogP contribution in [0.5, 0.6) is 0 Å². The maximum absolute atomic E-state index is 11.4. The highest BCUT2D eigenvalue weighted by molar-refractivity contribution is 5.89. The summed E-state index contributed by atoms with van der Waals surface area (Å²) in [6.07, 6.45) is 2.92. The predicted molar refractivity (Wildman–Crippen MR) is 72.6 cm³/mol. The first-order chi connectivity index (χ1) is 9.17. The molecule has 0 saturated heterocycles. The third-order valence-corrected chi connectivity index (χ3v) is 3.15. The lowest BCUT2D eigenvalue weighted by molar-refractivity contribution is -0.143. The number of carbonyl (C=O) groups excluding carboxylic acids is 1. The lowest BCUT2D eigenvalue weighted by Crippen LogP contribution is -2.05. The average molecular weight is 256 g/mol. The third-order valence-electron chi connectivity index (χ3n) is 3.15. The second-order valence-corrected chi connectivity index (χ2v) is 4.38. The molecule has 1 aromatic carbocycles. The van der Waals surface area contributed by atoms with E-state index in [4.69, 9.17) is 10.00 Å². The zero-order chi connectivity index (χ0) is 13.8. The van der Waals surface area contributed by atoms with Crippen LogP contribution in [0.25, 0.3) is 10.9 Å². The van der Waals surface area contributed by atoms with Crippen LogP contribution in [-0.4, -0.2) is 17.1 Å². The summed E-state index contributed by atoms with van der Waals surface area (Å²) in [6.45, 7) is 2.21. The van der Waals surface area contributed by atoms with Crippen molar-refractivity contribution in [1.29, 1.82) is 5.26 Å². The molecule has 0 atom stereocenters. The van der Waals surface area contributed by atoms with Crippen LogP contribution in [0.3, 0.4) is 0 Å². The minimum Gasteiger partial charge on any atom is -0.466 e. The average Bonchev–Trinajstić information content (AvgIpc) is 2.79. The molecule has 1 heterocycles. The van der Waals surface area contributed by atoms with Crippen molar-refractivity contribution in [1.82, 2.24) is 4.57 Å². The standard InChI is InChI=1S/C15H16N2O2/c1-3-19-14(18)7-6-11-4-5-12(10-16)15-13(11)8-9-17(15)2/h4-5,8-9H,3,6-7H2,1-2H3. The quantitative estimate of drug-likeness (QED) is 0.790. The number of ether oxygens (including phenoxy) is 1. The molecule has 2 rings (SSSR count). The number of fused-ring (bicyclic) bond motifs is 1. The first-order valence-corrected chi connectivity index (χ1v) is 6.30. The van der Waals surface area contributed by atoms with E-state index in [2.05, 4.69) is 6.07 Å². The van der Waals surface area contributed by atoms with Gasteiger partial charge in [0, 0.05) is 25.1 Å². The van der Waals surface area contributed by atoms with Crippen LogP contribution in [0.15, 0.2) is 24.4 Å². The van der Waals surface area contributed by atoms with Crippen molar-refractivity contribution in [2.45, 2.75) is 19.8 Å². The SMILES string of the molecule is CCOC(=O)CCc1ccc(C#N)c2c1ccn2C. The van der Waals surface area contributed by atoms with Crippen molar-refractivity contribution in [2.75, 3.05) is 6.61 Å². The van der Waals surface area contributed by atoms with Crippen LogP contribution in [0.2, 0.25) is 0 Å². The highest BCUT2D eigenvalue weighted by atomic mass is 16.5. The first kappa shape index (κ1) is 13.2. The lowest BCUT2D eigenvalue weighted by Gasteiger charge is -2.06. The van der Waals surface area contributed by atoms with Crippen LogP contribution in [0.4, 0.5) is 0 Å². The van der Waals surface area contributed by atoms with Gasteiger partial charge in [-0.2, -0.15) is 5.26 Å². The van der Waals surface area contributed by atoms with Gasteiger partial charge in [0.25, 0.3) is 0 Å². The van der Waals surface area contributed by atoms with Crippen LogP contribution >= 0.6 is 0 Å². The van der Waals surface area contributed by atoms with Crippen molar-refractivity contribution in [2.24, 2.45) is 7.05 Å². The number of esters is 1. The number of benzene rings is 1. The monoisotopic (exact) mass is 256 g/mol. The maximum atomic E-state index is 11.4. The van der Waals surface area contributed by atoms with E-state index in [1.807, 2.05) is 36.0 Å². The van der Waals surface area contributed by atoms with E-state index < -0.39 is 0 Å². The summed E-state index contributed by atoms with van der Waals surface area (Å²) >= 11 is 0. The van der Waals surface area contributed by atoms with Gasteiger partial charge in [-0.3, -0.25) is 4.79 Å². The molecular formula is C15H16N2O2. The molecular weight excluding hydrogens is 240 g/mol. The van der Waals surface area contributed by atoms with Gasteiger partial charge in [0.1, 0.15) is 6.07 Å². The van der Waals surface area contributed by atoms with Crippen molar-refractivity contribution in [3.05, 3.63) is 35.5 Å². The second kappa shape index (κ2) is 5.57. The van der Waals surface area contributed by atoms with E-state index in [1.165, 1.54) is 0 Å². The molecule has 0 aliphatic rings. The Balaban J connectivity index is 2.30. The van der Waals surface area contributed by atoms with Gasteiger partial charge >= 0.3 is 5.97 Å². The third kappa shape index (κ3) is 2.60. The fraction of sp³-hybridized carbons (Fsp3) is 0.333. The van der Waals surface area contributed by atoms with Gasteiger partial charge in [-0.1, -0.05) is 6.07 Å². The molecule has 4 heteroatoms. The van der Waals surface area contributed by atoms with Crippen LogP contribution in [0, 0.1) is 11.3 Å². The van der Waals surface area contributed by atoms with E-state index in [1.54, 1.807) is 6.92 Å². The van der Waals surface area contributed by atoms with Crippen LogP contribution in [0.1, 0.15) is 24.5 Å². The van der Waals surface area contributed by atoms with Gasteiger partial charge in [0.2, 0.25) is 0 Å². The Bertz CT molecular complexity index is 650. The fourth-order valence-corrected chi connectivity index (χ4v) is 2.25. The highest BCUT2D eigenvalue weighted by Gasteiger charge is 2.10. The molecule has 4 nitrogen and oxygen atoms in total. The molecule has 0 aliphatic heterocycles. The molecule has 1 aromatic heterocycles. The molecule has 2 aromatic rings. The Morgan fingerprint density at radius 2 is 2.21 bits per heavy atom. The number of hydrogen-bond donors (Lipinski definition) is 0. The second-order valence-electron chi connectivity index (χ2n) is 4.38. The van der Waals surface area contributed by atoms with Crippen molar-refractivity contribution < 1.29 is 9.53 Å².